The van der Waals surface area contributed by atoms with Gasteiger partial charge in [-0.3, -0.25) is 9.59 Å². The van der Waals surface area contributed by atoms with Gasteiger partial charge in [0.1, 0.15) is 5.78 Å². The predicted octanol–water partition coefficient (Wildman–Crippen LogP) is 0.617. The third-order valence-corrected chi connectivity index (χ3v) is 6.00. The summed E-state index contributed by atoms with van der Waals surface area (Å²) in [5.41, 5.74) is 5.25. The summed E-state index contributed by atoms with van der Waals surface area (Å²) >= 11 is 0. The molecule has 0 rings (SSSR count). The summed E-state index contributed by atoms with van der Waals surface area (Å²) in [6.45, 7) is 10.4. The molecular formula is C33H70N3Na2O5+. The zero-order valence-corrected chi connectivity index (χ0v) is 34.0. The number of aliphatic hydroxyl groups is 1. The molecule has 0 aromatic rings. The van der Waals surface area contributed by atoms with E-state index in [1.165, 1.54) is 52.1 Å². The molecule has 0 aromatic heterocycles. The van der Waals surface area contributed by atoms with Gasteiger partial charge in [0.05, 0.1) is 7.11 Å². The molecule has 0 aliphatic heterocycles. The standard InChI is InChI=1S/C16H31NO.C11H20O2.C5H14N2.CH4O.2Na.H2O/c1-4-5-6-7-8-9-10-13-16(18)14-11-12-15-17(2)3;1-3-4-5-6-7-8-9-10-11(12)13-2;1-7(2)5-3-4-6;1-2;;;/h4H,1,5-15H2,2-3H3;3H,1,4-10H2,2H3;3-6H2,1-2H3;2H,1H3;;;1H2/q;;;;2*+1;/p-1. The fourth-order valence-electron chi connectivity index (χ4n) is 3.61. The van der Waals surface area contributed by atoms with Crippen molar-refractivity contribution in [2.24, 2.45) is 5.73 Å². The zero-order valence-electron chi connectivity index (χ0n) is 30.0. The normalized spacial score (nSPS) is 9.26. The fourth-order valence-corrected chi connectivity index (χ4v) is 3.61. The molecule has 43 heavy (non-hydrogen) atoms. The van der Waals surface area contributed by atoms with Crippen molar-refractivity contribution in [3.63, 3.8) is 0 Å². The van der Waals surface area contributed by atoms with Crippen LogP contribution >= 0.6 is 0 Å². The number of esters is 1. The minimum atomic E-state index is -0.0916. The van der Waals surface area contributed by atoms with E-state index in [9.17, 15) is 9.59 Å². The Morgan fingerprint density at radius 3 is 1.35 bits per heavy atom. The second-order valence-corrected chi connectivity index (χ2v) is 10.5. The monoisotopic (exact) mass is 635 g/mol. The Balaban J connectivity index is -0.0000000915. The second kappa shape index (κ2) is 54.9. The first-order valence-electron chi connectivity index (χ1n) is 15.5. The SMILES string of the molecule is C=CCCCCCCCC(=O)CCCCN(C)C.C=CCCCCCCCC(=O)OC.CN(C)CCCN.CO.[Na+].[Na+].[OH-]. The number of methoxy groups -OCH3 is 1. The number of ether oxygens (including phenoxy) is 1. The van der Waals surface area contributed by atoms with Crippen molar-refractivity contribution in [1.29, 1.82) is 0 Å². The Morgan fingerprint density at radius 2 is 1.00 bits per heavy atom. The number of rotatable bonds is 24. The van der Waals surface area contributed by atoms with Crippen LogP contribution in [0.25, 0.3) is 0 Å². The summed E-state index contributed by atoms with van der Waals surface area (Å²) in [5.74, 6) is 0.367. The van der Waals surface area contributed by atoms with Gasteiger partial charge in [0.2, 0.25) is 0 Å². The van der Waals surface area contributed by atoms with Crippen LogP contribution in [0, 0.1) is 0 Å². The number of Topliss-reactive ketones (excluding diaryl/α,β-unsaturated/α-hetero) is 1. The molecule has 0 amide bonds. The summed E-state index contributed by atoms with van der Waals surface area (Å²) in [5, 5.41) is 7.00. The van der Waals surface area contributed by atoms with Crippen molar-refractivity contribution in [3.05, 3.63) is 25.3 Å². The summed E-state index contributed by atoms with van der Waals surface area (Å²) in [6.07, 6.45) is 23.5. The van der Waals surface area contributed by atoms with E-state index in [0.717, 1.165) is 91.0 Å². The molecule has 0 fully saturated rings. The van der Waals surface area contributed by atoms with Crippen LogP contribution in [-0.2, 0) is 14.3 Å². The number of carbonyl (C=O) groups excluding carboxylic acids is 2. The Labute approximate surface area is 311 Å². The number of hydrogen-bond acceptors (Lipinski definition) is 8. The van der Waals surface area contributed by atoms with Crippen LogP contribution in [-0.4, -0.2) is 94.2 Å². The molecule has 0 aliphatic rings. The van der Waals surface area contributed by atoms with Crippen LogP contribution in [0.15, 0.2) is 25.3 Å². The van der Waals surface area contributed by atoms with Crippen LogP contribution in [0.2, 0.25) is 0 Å². The average Bonchev–Trinajstić information content (AvgIpc) is 2.94. The van der Waals surface area contributed by atoms with E-state index in [4.69, 9.17) is 10.8 Å². The molecule has 0 bridgehead atoms. The smallest absolute Gasteiger partial charge is 0.870 e. The van der Waals surface area contributed by atoms with Gasteiger partial charge >= 0.3 is 65.1 Å². The van der Waals surface area contributed by atoms with Crippen molar-refractivity contribution in [3.8, 4) is 0 Å². The first kappa shape index (κ1) is 58.9. The van der Waals surface area contributed by atoms with E-state index in [2.05, 4.69) is 55.9 Å². The van der Waals surface area contributed by atoms with E-state index in [-0.39, 0.29) is 70.6 Å². The van der Waals surface area contributed by atoms with Crippen LogP contribution in [0.1, 0.15) is 116 Å². The Hall–Kier alpha value is 0.420. The molecule has 0 heterocycles. The maximum Gasteiger partial charge on any atom is 1.00 e. The third-order valence-electron chi connectivity index (χ3n) is 6.00. The number of unbranched alkanes of at least 4 members (excludes halogenated alkanes) is 11. The van der Waals surface area contributed by atoms with Gasteiger partial charge in [0.15, 0.2) is 0 Å². The van der Waals surface area contributed by atoms with Crippen LogP contribution in [0.5, 0.6) is 0 Å². The number of ketones is 1. The van der Waals surface area contributed by atoms with Crippen molar-refractivity contribution in [1.82, 2.24) is 9.80 Å². The van der Waals surface area contributed by atoms with E-state index in [1.54, 1.807) is 0 Å². The maximum atomic E-state index is 11.6. The molecule has 0 saturated heterocycles. The number of aliphatic hydroxyl groups excluding tert-OH is 1. The summed E-state index contributed by atoms with van der Waals surface area (Å²) < 4.78 is 4.54. The minimum absolute atomic E-state index is 0. The number of nitrogens with zero attached hydrogens (tertiary/aromatic N) is 2. The van der Waals surface area contributed by atoms with Gasteiger partial charge in [0, 0.05) is 26.4 Å². The van der Waals surface area contributed by atoms with Gasteiger partial charge < -0.3 is 30.9 Å². The van der Waals surface area contributed by atoms with Crippen LogP contribution < -0.4 is 64.8 Å². The van der Waals surface area contributed by atoms with Gasteiger partial charge in [0.25, 0.3) is 0 Å². The van der Waals surface area contributed by atoms with Gasteiger partial charge in [-0.1, -0.05) is 50.7 Å². The number of carbonyl (C=O) groups is 2. The molecule has 0 aromatic carbocycles. The first-order chi connectivity index (χ1) is 19.2. The van der Waals surface area contributed by atoms with Crippen molar-refractivity contribution >= 4 is 11.8 Å². The molecule has 0 saturated carbocycles. The van der Waals surface area contributed by atoms with Gasteiger partial charge in [-0.25, -0.2) is 0 Å². The number of hydrogen-bond donors (Lipinski definition) is 2. The van der Waals surface area contributed by atoms with Crippen molar-refractivity contribution < 1.29 is 84.0 Å². The molecule has 0 unspecified atom stereocenters. The Kier molecular flexibility index (Phi) is 75.2. The van der Waals surface area contributed by atoms with E-state index in [1.807, 2.05) is 12.2 Å². The van der Waals surface area contributed by atoms with Gasteiger partial charge in [-0.2, -0.15) is 0 Å². The molecule has 0 spiro atoms. The van der Waals surface area contributed by atoms with Crippen LogP contribution in [0.3, 0.4) is 0 Å². The molecule has 0 radical (unpaired) electrons. The second-order valence-electron chi connectivity index (χ2n) is 10.5. The van der Waals surface area contributed by atoms with Crippen molar-refractivity contribution in [2.75, 3.05) is 62.0 Å². The first-order valence-corrected chi connectivity index (χ1v) is 15.5. The average molecular weight is 635 g/mol. The molecule has 0 atom stereocenters. The van der Waals surface area contributed by atoms with E-state index >= 15 is 0 Å². The fraction of sp³-hybridized carbons (Fsp3) is 0.818. The van der Waals surface area contributed by atoms with Gasteiger partial charge in [-0.05, 0) is 106 Å². The summed E-state index contributed by atoms with van der Waals surface area (Å²) in [6, 6.07) is 0. The molecule has 4 N–H and O–H groups in total. The maximum absolute atomic E-state index is 11.6. The topological polar surface area (TPSA) is 126 Å². The minimum Gasteiger partial charge on any atom is -0.870 e. The largest absolute Gasteiger partial charge is 1.00 e. The number of nitrogens with two attached hydrogens (primary N) is 1. The summed E-state index contributed by atoms with van der Waals surface area (Å²) in [7, 11) is 10.7. The number of allylic oxidation sites excluding steroid dienone is 2. The third kappa shape index (κ3) is 70.2. The molecule has 8 nitrogen and oxygen atoms in total. The Bertz CT molecular complexity index is 541. The van der Waals surface area contributed by atoms with E-state index in [0.29, 0.717) is 12.2 Å². The molecule has 248 valence electrons. The zero-order chi connectivity index (χ0) is 31.3. The molecular weight excluding hydrogens is 564 g/mol. The molecule has 0 aliphatic carbocycles. The predicted molar refractivity (Wildman–Crippen MR) is 177 cm³/mol. The van der Waals surface area contributed by atoms with Crippen molar-refractivity contribution in [2.45, 2.75) is 116 Å². The van der Waals surface area contributed by atoms with Gasteiger partial charge in [-0.15, -0.1) is 13.2 Å². The quantitative estimate of drug-likeness (QED) is 0.0685. The molecule has 10 heteroatoms. The Morgan fingerprint density at radius 1 is 0.651 bits per heavy atom. The van der Waals surface area contributed by atoms with E-state index < -0.39 is 0 Å². The van der Waals surface area contributed by atoms with Crippen LogP contribution in [0.4, 0.5) is 0 Å². The summed E-state index contributed by atoms with van der Waals surface area (Å²) in [4.78, 5) is 26.6.